The van der Waals surface area contributed by atoms with Crippen molar-refractivity contribution in [1.82, 2.24) is 9.62 Å². The summed E-state index contributed by atoms with van der Waals surface area (Å²) in [4.78, 5) is 12.2. The number of hydrogen-bond donors (Lipinski definition) is 1. The molecule has 1 N–H and O–H groups in total. The molecule has 6 nitrogen and oxygen atoms in total. The molecule has 0 bridgehead atoms. The van der Waals surface area contributed by atoms with Gasteiger partial charge >= 0.3 is 0 Å². The van der Waals surface area contributed by atoms with Gasteiger partial charge in [0.2, 0.25) is 10.0 Å². The number of carbonyl (C=O) groups excluding carboxylic acids is 1. The minimum atomic E-state index is -3.53. The summed E-state index contributed by atoms with van der Waals surface area (Å²) in [6, 6.07) is 9.41. The molecule has 2 aromatic rings. The number of sulfonamides is 1. The number of hydrogen-bond acceptors (Lipinski definition) is 4. The third-order valence-corrected chi connectivity index (χ3v) is 6.26. The fourth-order valence-corrected chi connectivity index (χ4v) is 4.49. The molecule has 0 atom stereocenters. The first-order valence-corrected chi connectivity index (χ1v) is 10.3. The van der Waals surface area contributed by atoms with E-state index in [-0.39, 0.29) is 12.3 Å². The monoisotopic (exact) mass is 410 g/mol. The predicted molar refractivity (Wildman–Crippen MR) is 99.0 cm³/mol. The van der Waals surface area contributed by atoms with Crippen LogP contribution in [0.2, 0.25) is 0 Å². The Hall–Kier alpha value is -2.36. The smallest absolute Gasteiger partial charge is 0.254 e. The summed E-state index contributed by atoms with van der Waals surface area (Å²) in [5.74, 6) is -2.54. The predicted octanol–water partition coefficient (Wildman–Crippen LogP) is 2.06. The van der Waals surface area contributed by atoms with Crippen molar-refractivity contribution in [3.8, 4) is 0 Å². The van der Waals surface area contributed by atoms with E-state index in [2.05, 4.69) is 5.32 Å². The number of benzene rings is 2. The van der Waals surface area contributed by atoms with Crippen LogP contribution in [0, 0.1) is 11.6 Å². The van der Waals surface area contributed by atoms with Crippen molar-refractivity contribution in [3.05, 3.63) is 70.8 Å². The maximum Gasteiger partial charge on any atom is 0.254 e. The van der Waals surface area contributed by atoms with Crippen LogP contribution in [0.15, 0.2) is 42.5 Å². The molecule has 0 saturated carbocycles. The Morgan fingerprint density at radius 1 is 1.07 bits per heavy atom. The highest BCUT2D eigenvalue weighted by atomic mass is 32.2. The van der Waals surface area contributed by atoms with Crippen LogP contribution in [0.1, 0.15) is 21.5 Å². The van der Waals surface area contributed by atoms with Crippen molar-refractivity contribution in [1.29, 1.82) is 0 Å². The quantitative estimate of drug-likeness (QED) is 0.791. The van der Waals surface area contributed by atoms with Gasteiger partial charge in [-0.2, -0.15) is 4.31 Å². The summed E-state index contributed by atoms with van der Waals surface area (Å²) in [6.45, 7) is 1.32. The maximum absolute atomic E-state index is 13.7. The molecule has 2 aromatic carbocycles. The molecule has 0 aliphatic carbocycles. The van der Waals surface area contributed by atoms with Gasteiger partial charge in [-0.1, -0.05) is 24.3 Å². The molecule has 1 amide bonds. The first-order chi connectivity index (χ1) is 13.4. The van der Waals surface area contributed by atoms with E-state index in [1.165, 1.54) is 4.31 Å². The molecule has 0 radical (unpaired) electrons. The van der Waals surface area contributed by atoms with Crippen LogP contribution in [-0.2, 0) is 27.1 Å². The van der Waals surface area contributed by atoms with Gasteiger partial charge in [-0.3, -0.25) is 4.79 Å². The van der Waals surface area contributed by atoms with Crippen LogP contribution < -0.4 is 5.32 Å². The first-order valence-electron chi connectivity index (χ1n) is 8.72. The van der Waals surface area contributed by atoms with Crippen molar-refractivity contribution in [2.45, 2.75) is 12.3 Å². The van der Waals surface area contributed by atoms with Crippen LogP contribution in [0.5, 0.6) is 0 Å². The molecular formula is C19H20F2N2O4S. The number of rotatable bonds is 6. The summed E-state index contributed by atoms with van der Waals surface area (Å²) in [5, 5.41) is 2.51. The topological polar surface area (TPSA) is 75.7 Å². The zero-order valence-corrected chi connectivity index (χ0v) is 15.8. The highest BCUT2D eigenvalue weighted by molar-refractivity contribution is 7.88. The number of carbonyl (C=O) groups is 1. The minimum Gasteiger partial charge on any atom is -0.379 e. The molecule has 1 aliphatic rings. The zero-order valence-electron chi connectivity index (χ0n) is 15.0. The van der Waals surface area contributed by atoms with Gasteiger partial charge in [-0.05, 0) is 29.3 Å². The van der Waals surface area contributed by atoms with E-state index in [9.17, 15) is 22.0 Å². The van der Waals surface area contributed by atoms with Crippen LogP contribution in [-0.4, -0.2) is 44.9 Å². The van der Waals surface area contributed by atoms with Crippen molar-refractivity contribution in [3.63, 3.8) is 0 Å². The molecule has 0 unspecified atom stereocenters. The fraction of sp³-hybridized carbons (Fsp3) is 0.316. The number of halogens is 2. The van der Waals surface area contributed by atoms with Crippen LogP contribution >= 0.6 is 0 Å². The van der Waals surface area contributed by atoms with Gasteiger partial charge < -0.3 is 10.1 Å². The van der Waals surface area contributed by atoms with Crippen LogP contribution in [0.4, 0.5) is 8.78 Å². The summed E-state index contributed by atoms with van der Waals surface area (Å²) in [7, 11) is -3.53. The number of ether oxygens (including phenoxy) is 1. The molecular weight excluding hydrogens is 390 g/mol. The lowest BCUT2D eigenvalue weighted by Crippen LogP contribution is -2.41. The van der Waals surface area contributed by atoms with E-state index in [1.54, 1.807) is 24.3 Å². The van der Waals surface area contributed by atoms with Gasteiger partial charge in [-0.15, -0.1) is 0 Å². The van der Waals surface area contributed by atoms with Gasteiger partial charge in [-0.25, -0.2) is 17.2 Å². The molecule has 0 spiro atoms. The van der Waals surface area contributed by atoms with E-state index in [0.717, 1.165) is 18.2 Å². The summed E-state index contributed by atoms with van der Waals surface area (Å²) < 4.78 is 58.8. The van der Waals surface area contributed by atoms with E-state index >= 15 is 0 Å². The lowest BCUT2D eigenvalue weighted by atomic mass is 10.1. The maximum atomic E-state index is 13.7. The third-order valence-electron chi connectivity index (χ3n) is 4.43. The highest BCUT2D eigenvalue weighted by Gasteiger charge is 2.25. The Kier molecular flexibility index (Phi) is 6.38. The van der Waals surface area contributed by atoms with E-state index < -0.39 is 33.1 Å². The second-order valence-electron chi connectivity index (χ2n) is 6.34. The second-order valence-corrected chi connectivity index (χ2v) is 8.31. The first kappa shape index (κ1) is 20.4. The Morgan fingerprint density at radius 3 is 2.46 bits per heavy atom. The summed E-state index contributed by atoms with van der Waals surface area (Å²) in [6.07, 6.45) is 0. The van der Waals surface area contributed by atoms with E-state index in [4.69, 9.17) is 4.74 Å². The molecule has 1 saturated heterocycles. The lowest BCUT2D eigenvalue weighted by molar-refractivity contribution is 0.0729. The molecule has 28 heavy (non-hydrogen) atoms. The van der Waals surface area contributed by atoms with Crippen molar-refractivity contribution >= 4 is 15.9 Å². The molecule has 1 fully saturated rings. The molecule has 1 aliphatic heterocycles. The minimum absolute atomic E-state index is 0.0103. The van der Waals surface area contributed by atoms with E-state index in [1.807, 2.05) is 0 Å². The standard InChI is InChI=1S/C19H20F2N2O4S/c20-16-5-6-18(21)17(11-16)19(24)22-12-14-3-1-2-4-15(14)13-28(25,26)23-7-9-27-10-8-23/h1-6,11H,7-10,12-13H2,(H,22,24). The highest BCUT2D eigenvalue weighted by Crippen LogP contribution is 2.17. The van der Waals surface area contributed by atoms with Gasteiger partial charge in [0.15, 0.2) is 0 Å². The summed E-state index contributed by atoms with van der Waals surface area (Å²) >= 11 is 0. The Bertz CT molecular complexity index is 960. The van der Waals surface area contributed by atoms with Crippen molar-refractivity contribution in [2.75, 3.05) is 26.3 Å². The van der Waals surface area contributed by atoms with E-state index in [0.29, 0.717) is 37.4 Å². The number of nitrogens with zero attached hydrogens (tertiary/aromatic N) is 1. The van der Waals surface area contributed by atoms with Crippen LogP contribution in [0.3, 0.4) is 0 Å². The number of nitrogens with one attached hydrogen (secondary N) is 1. The molecule has 150 valence electrons. The average molecular weight is 410 g/mol. The Balaban J connectivity index is 1.72. The number of morpholine rings is 1. The SMILES string of the molecule is O=C(NCc1ccccc1CS(=O)(=O)N1CCOCC1)c1cc(F)ccc1F. The molecule has 9 heteroatoms. The average Bonchev–Trinajstić information content (AvgIpc) is 2.69. The molecule has 0 aromatic heterocycles. The lowest BCUT2D eigenvalue weighted by Gasteiger charge is -2.26. The fourth-order valence-electron chi connectivity index (χ4n) is 2.93. The van der Waals surface area contributed by atoms with Crippen molar-refractivity contribution in [2.24, 2.45) is 0 Å². The van der Waals surface area contributed by atoms with Gasteiger partial charge in [0.25, 0.3) is 5.91 Å². The van der Waals surface area contributed by atoms with Gasteiger partial charge in [0.1, 0.15) is 11.6 Å². The second kappa shape index (κ2) is 8.76. The zero-order chi connectivity index (χ0) is 20.1. The Labute approximate surface area is 162 Å². The van der Waals surface area contributed by atoms with Crippen LogP contribution in [0.25, 0.3) is 0 Å². The van der Waals surface area contributed by atoms with Gasteiger partial charge in [0, 0.05) is 19.6 Å². The Morgan fingerprint density at radius 2 is 1.75 bits per heavy atom. The third kappa shape index (κ3) is 4.92. The number of amides is 1. The largest absolute Gasteiger partial charge is 0.379 e. The molecule has 3 rings (SSSR count). The van der Waals surface area contributed by atoms with Crippen molar-refractivity contribution < 1.29 is 26.7 Å². The summed E-state index contributed by atoms with van der Waals surface area (Å²) in [5.41, 5.74) is 0.719. The van der Waals surface area contributed by atoms with Gasteiger partial charge in [0.05, 0.1) is 24.5 Å². The normalized spacial score (nSPS) is 15.4. The molecule has 1 heterocycles.